The zero-order chi connectivity index (χ0) is 14.4. The Balaban J connectivity index is 2.10. The van der Waals surface area contributed by atoms with Crippen molar-refractivity contribution in [3.05, 3.63) is 23.9 Å². The number of nitrogens with zero attached hydrogens (tertiary/aromatic N) is 2. The molecule has 0 aromatic carbocycles. The number of hydrogen-bond acceptors (Lipinski definition) is 3. The average molecular weight is 275 g/mol. The molecule has 4 nitrogen and oxygen atoms in total. The van der Waals surface area contributed by atoms with E-state index in [9.17, 15) is 4.79 Å². The van der Waals surface area contributed by atoms with Gasteiger partial charge in [-0.05, 0) is 38.3 Å². The minimum absolute atomic E-state index is 0.0690. The molecule has 1 aliphatic carbocycles. The monoisotopic (exact) mass is 275 g/mol. The van der Waals surface area contributed by atoms with E-state index in [1.807, 2.05) is 23.1 Å². The standard InChI is InChI=1S/C16H25N3O/c1-3-12-17-15-11-7-10-14(18-15)16(20)19(4-2)13-8-5-6-9-13/h7,10-11,13H,3-6,8-9,12H2,1-2H3,(H,17,18). The van der Waals surface area contributed by atoms with Crippen LogP contribution in [0.1, 0.15) is 56.4 Å². The number of hydrogen-bond donors (Lipinski definition) is 1. The van der Waals surface area contributed by atoms with Gasteiger partial charge in [-0.3, -0.25) is 4.79 Å². The number of carbonyl (C=O) groups is 1. The lowest BCUT2D eigenvalue weighted by molar-refractivity contribution is 0.0687. The molecule has 0 aliphatic heterocycles. The molecule has 0 unspecified atom stereocenters. The topological polar surface area (TPSA) is 45.2 Å². The number of pyridine rings is 1. The Morgan fingerprint density at radius 1 is 1.35 bits per heavy atom. The molecule has 1 heterocycles. The molecule has 0 radical (unpaired) electrons. The predicted molar refractivity (Wildman–Crippen MR) is 82.0 cm³/mol. The maximum atomic E-state index is 12.6. The molecule has 1 N–H and O–H groups in total. The normalized spacial score (nSPS) is 15.3. The van der Waals surface area contributed by atoms with Crippen molar-refractivity contribution < 1.29 is 4.79 Å². The first-order valence-electron chi connectivity index (χ1n) is 7.78. The summed E-state index contributed by atoms with van der Waals surface area (Å²) in [5.41, 5.74) is 0.555. The van der Waals surface area contributed by atoms with Crippen LogP contribution in [0.25, 0.3) is 0 Å². The molecule has 110 valence electrons. The van der Waals surface area contributed by atoms with E-state index in [-0.39, 0.29) is 5.91 Å². The van der Waals surface area contributed by atoms with Crippen LogP contribution in [0.3, 0.4) is 0 Å². The SMILES string of the molecule is CCCNc1cccc(C(=O)N(CC)C2CCCC2)n1. The van der Waals surface area contributed by atoms with E-state index in [0.717, 1.165) is 38.2 Å². The number of aromatic nitrogens is 1. The van der Waals surface area contributed by atoms with Gasteiger partial charge in [0.1, 0.15) is 11.5 Å². The van der Waals surface area contributed by atoms with Crippen LogP contribution in [0.15, 0.2) is 18.2 Å². The molecule has 4 heteroatoms. The van der Waals surface area contributed by atoms with Gasteiger partial charge in [0.2, 0.25) is 0 Å². The Bertz CT molecular complexity index is 441. The first-order chi connectivity index (χ1) is 9.76. The van der Waals surface area contributed by atoms with Crippen LogP contribution in [-0.4, -0.2) is 34.9 Å². The van der Waals surface area contributed by atoms with E-state index in [0.29, 0.717) is 11.7 Å². The van der Waals surface area contributed by atoms with Crippen LogP contribution >= 0.6 is 0 Å². The summed E-state index contributed by atoms with van der Waals surface area (Å²) >= 11 is 0. The zero-order valence-electron chi connectivity index (χ0n) is 12.6. The van der Waals surface area contributed by atoms with Crippen LogP contribution < -0.4 is 5.32 Å². The van der Waals surface area contributed by atoms with Gasteiger partial charge in [-0.2, -0.15) is 0 Å². The van der Waals surface area contributed by atoms with Crippen molar-refractivity contribution in [1.82, 2.24) is 9.88 Å². The Kier molecular flexibility index (Phi) is 5.39. The molecule has 20 heavy (non-hydrogen) atoms. The fourth-order valence-corrected chi connectivity index (χ4v) is 2.84. The Hall–Kier alpha value is -1.58. The highest BCUT2D eigenvalue weighted by molar-refractivity contribution is 5.92. The fourth-order valence-electron chi connectivity index (χ4n) is 2.84. The molecule has 0 atom stereocenters. The van der Waals surface area contributed by atoms with Crippen LogP contribution in [0.4, 0.5) is 5.82 Å². The minimum atomic E-state index is 0.0690. The molecule has 0 spiro atoms. The summed E-state index contributed by atoms with van der Waals surface area (Å²) in [6.07, 6.45) is 5.78. The summed E-state index contributed by atoms with van der Waals surface area (Å²) in [5.74, 6) is 0.861. The van der Waals surface area contributed by atoms with Crippen molar-refractivity contribution in [2.24, 2.45) is 0 Å². The molecule has 1 aliphatic rings. The Labute approximate surface area is 121 Å². The predicted octanol–water partition coefficient (Wildman–Crippen LogP) is 3.31. The summed E-state index contributed by atoms with van der Waals surface area (Å²) in [4.78, 5) is 19.1. The molecular formula is C16H25N3O. The quantitative estimate of drug-likeness (QED) is 0.866. The third kappa shape index (κ3) is 3.50. The van der Waals surface area contributed by atoms with Gasteiger partial charge in [0.15, 0.2) is 0 Å². The lowest BCUT2D eigenvalue weighted by Gasteiger charge is -2.27. The smallest absolute Gasteiger partial charge is 0.272 e. The van der Waals surface area contributed by atoms with Crippen LogP contribution in [-0.2, 0) is 0 Å². The van der Waals surface area contributed by atoms with E-state index < -0.39 is 0 Å². The van der Waals surface area contributed by atoms with Crippen LogP contribution in [0.2, 0.25) is 0 Å². The zero-order valence-corrected chi connectivity index (χ0v) is 12.6. The van der Waals surface area contributed by atoms with Crippen LogP contribution in [0.5, 0.6) is 0 Å². The van der Waals surface area contributed by atoms with Gasteiger partial charge in [-0.15, -0.1) is 0 Å². The van der Waals surface area contributed by atoms with E-state index in [4.69, 9.17) is 0 Å². The first-order valence-corrected chi connectivity index (χ1v) is 7.78. The third-order valence-electron chi connectivity index (χ3n) is 3.89. The van der Waals surface area contributed by atoms with E-state index >= 15 is 0 Å². The molecule has 2 rings (SSSR count). The van der Waals surface area contributed by atoms with Crippen molar-refractivity contribution in [3.8, 4) is 0 Å². The van der Waals surface area contributed by atoms with Crippen LogP contribution in [0, 0.1) is 0 Å². The molecule has 0 bridgehead atoms. The second-order valence-corrected chi connectivity index (χ2v) is 5.36. The number of anilines is 1. The van der Waals surface area contributed by atoms with Gasteiger partial charge in [0.25, 0.3) is 5.91 Å². The number of carbonyl (C=O) groups excluding carboxylic acids is 1. The Morgan fingerprint density at radius 2 is 2.10 bits per heavy atom. The third-order valence-corrected chi connectivity index (χ3v) is 3.89. The summed E-state index contributed by atoms with van der Waals surface area (Å²) in [6.45, 7) is 5.80. The maximum absolute atomic E-state index is 12.6. The highest BCUT2D eigenvalue weighted by Gasteiger charge is 2.26. The van der Waals surface area contributed by atoms with Crippen molar-refractivity contribution >= 4 is 11.7 Å². The molecular weight excluding hydrogens is 250 g/mol. The second-order valence-electron chi connectivity index (χ2n) is 5.36. The van der Waals surface area contributed by atoms with E-state index in [2.05, 4.69) is 24.1 Å². The summed E-state index contributed by atoms with van der Waals surface area (Å²) < 4.78 is 0. The highest BCUT2D eigenvalue weighted by Crippen LogP contribution is 2.24. The molecule has 1 fully saturated rings. The summed E-state index contributed by atoms with van der Waals surface area (Å²) in [7, 11) is 0. The number of rotatable bonds is 6. The average Bonchev–Trinajstić information content (AvgIpc) is 3.00. The van der Waals surface area contributed by atoms with Crippen molar-refractivity contribution in [1.29, 1.82) is 0 Å². The van der Waals surface area contributed by atoms with Gasteiger partial charge in [0.05, 0.1) is 0 Å². The van der Waals surface area contributed by atoms with Gasteiger partial charge in [-0.25, -0.2) is 4.98 Å². The lowest BCUT2D eigenvalue weighted by atomic mass is 10.2. The fraction of sp³-hybridized carbons (Fsp3) is 0.625. The highest BCUT2D eigenvalue weighted by atomic mass is 16.2. The van der Waals surface area contributed by atoms with Gasteiger partial charge < -0.3 is 10.2 Å². The molecule has 1 amide bonds. The lowest BCUT2D eigenvalue weighted by Crippen LogP contribution is -2.39. The van der Waals surface area contributed by atoms with Crippen molar-refractivity contribution in [2.45, 2.75) is 52.0 Å². The molecule has 1 saturated carbocycles. The second kappa shape index (κ2) is 7.27. The number of amides is 1. The Morgan fingerprint density at radius 3 is 2.75 bits per heavy atom. The van der Waals surface area contributed by atoms with E-state index in [1.165, 1.54) is 12.8 Å². The maximum Gasteiger partial charge on any atom is 0.272 e. The van der Waals surface area contributed by atoms with Crippen molar-refractivity contribution in [3.63, 3.8) is 0 Å². The molecule has 1 aromatic heterocycles. The van der Waals surface area contributed by atoms with Gasteiger partial charge >= 0.3 is 0 Å². The number of nitrogens with one attached hydrogen (secondary N) is 1. The largest absolute Gasteiger partial charge is 0.370 e. The molecule has 0 saturated heterocycles. The van der Waals surface area contributed by atoms with Gasteiger partial charge in [0, 0.05) is 19.1 Å². The summed E-state index contributed by atoms with van der Waals surface area (Å²) in [5, 5.41) is 3.23. The van der Waals surface area contributed by atoms with Crippen molar-refractivity contribution in [2.75, 3.05) is 18.4 Å². The molecule has 1 aromatic rings. The van der Waals surface area contributed by atoms with Gasteiger partial charge in [-0.1, -0.05) is 25.8 Å². The first kappa shape index (κ1) is 14.8. The summed E-state index contributed by atoms with van der Waals surface area (Å²) in [6, 6.07) is 6.04. The van der Waals surface area contributed by atoms with E-state index in [1.54, 1.807) is 0 Å². The minimum Gasteiger partial charge on any atom is -0.370 e.